The highest BCUT2D eigenvalue weighted by molar-refractivity contribution is 6.08. The van der Waals surface area contributed by atoms with E-state index < -0.39 is 0 Å². The van der Waals surface area contributed by atoms with E-state index in [1.165, 1.54) is 5.56 Å². The minimum Gasteiger partial charge on any atom is -0.343 e. The van der Waals surface area contributed by atoms with Crippen molar-refractivity contribution in [3.63, 3.8) is 0 Å². The number of hydrogen-bond acceptors (Lipinski definition) is 5. The summed E-state index contributed by atoms with van der Waals surface area (Å²) in [6.07, 6.45) is 4.71. The van der Waals surface area contributed by atoms with Crippen LogP contribution in [0.4, 0.5) is 17.2 Å². The van der Waals surface area contributed by atoms with E-state index in [1.54, 1.807) is 30.2 Å². The van der Waals surface area contributed by atoms with Crippen molar-refractivity contribution in [1.29, 1.82) is 0 Å². The fraction of sp³-hybridized carbons (Fsp3) is 0.300. The molecule has 0 bridgehead atoms. The molecule has 0 aliphatic carbocycles. The standard InChI is InChI=1S/C30H33N5O2/c1-21(36)35-20-30(2,3)26-12-11-24(18-27(26)35)33-29(37)25-10-7-15-31-28(25)32-23-13-16-34(17-14-23)19-22-8-5-4-6-9-22/h4-13,15,18H,14,16-17,19-20H2,1-3H3,(H,31,32)(H,33,37). The van der Waals surface area contributed by atoms with Crippen molar-refractivity contribution in [1.82, 2.24) is 9.88 Å². The molecule has 7 heteroatoms. The third-order valence-electron chi connectivity index (χ3n) is 7.08. The fourth-order valence-electron chi connectivity index (χ4n) is 5.10. The van der Waals surface area contributed by atoms with Crippen LogP contribution in [0.5, 0.6) is 0 Å². The first-order valence-corrected chi connectivity index (χ1v) is 12.7. The summed E-state index contributed by atoms with van der Waals surface area (Å²) in [5.41, 5.74) is 5.32. The number of rotatable bonds is 6. The molecule has 0 spiro atoms. The van der Waals surface area contributed by atoms with Gasteiger partial charge in [0.2, 0.25) is 5.91 Å². The van der Waals surface area contributed by atoms with Crippen molar-refractivity contribution in [3.8, 4) is 0 Å². The lowest BCUT2D eigenvalue weighted by molar-refractivity contribution is -0.116. The van der Waals surface area contributed by atoms with Crippen molar-refractivity contribution in [2.45, 2.75) is 39.2 Å². The van der Waals surface area contributed by atoms with Crippen LogP contribution in [0.2, 0.25) is 0 Å². The van der Waals surface area contributed by atoms with Crippen LogP contribution in [0.15, 0.2) is 78.6 Å². The Balaban J connectivity index is 1.28. The summed E-state index contributed by atoms with van der Waals surface area (Å²) < 4.78 is 0. The number of benzene rings is 2. The highest BCUT2D eigenvalue weighted by Crippen LogP contribution is 2.41. The maximum Gasteiger partial charge on any atom is 0.259 e. The Labute approximate surface area is 218 Å². The maximum atomic E-state index is 13.3. The molecule has 2 aliphatic rings. The molecule has 0 radical (unpaired) electrons. The Morgan fingerprint density at radius 1 is 1.05 bits per heavy atom. The zero-order valence-electron chi connectivity index (χ0n) is 21.6. The zero-order chi connectivity index (χ0) is 26.0. The second kappa shape index (κ2) is 10.2. The Kier molecular flexibility index (Phi) is 6.80. The highest BCUT2D eigenvalue weighted by Gasteiger charge is 2.37. The molecule has 2 aliphatic heterocycles. The predicted molar refractivity (Wildman–Crippen MR) is 148 cm³/mol. The number of carbonyl (C=O) groups is 2. The number of aromatic nitrogens is 1. The van der Waals surface area contributed by atoms with Crippen molar-refractivity contribution in [2.24, 2.45) is 0 Å². The van der Waals surface area contributed by atoms with Crippen LogP contribution in [0.25, 0.3) is 0 Å². The van der Waals surface area contributed by atoms with Crippen LogP contribution in [-0.2, 0) is 16.8 Å². The first-order chi connectivity index (χ1) is 17.8. The number of hydrogen-bond donors (Lipinski definition) is 2. The molecule has 0 saturated carbocycles. The van der Waals surface area contributed by atoms with E-state index in [4.69, 9.17) is 0 Å². The van der Waals surface area contributed by atoms with Crippen LogP contribution in [0, 0.1) is 0 Å². The molecule has 2 amide bonds. The van der Waals surface area contributed by atoms with Gasteiger partial charge in [-0.2, -0.15) is 0 Å². The summed E-state index contributed by atoms with van der Waals surface area (Å²) in [6.45, 7) is 9.14. The number of pyridine rings is 1. The van der Waals surface area contributed by atoms with Gasteiger partial charge in [-0.1, -0.05) is 56.3 Å². The number of fused-ring (bicyclic) bond motifs is 1. The Bertz CT molecular complexity index is 1350. The topological polar surface area (TPSA) is 77.6 Å². The molecular weight excluding hydrogens is 462 g/mol. The molecule has 5 rings (SSSR count). The van der Waals surface area contributed by atoms with Crippen LogP contribution >= 0.6 is 0 Å². The zero-order valence-corrected chi connectivity index (χ0v) is 21.6. The Hall–Kier alpha value is -3.97. The van der Waals surface area contributed by atoms with Crippen LogP contribution in [0.3, 0.4) is 0 Å². The number of carbonyl (C=O) groups excluding carboxylic acids is 2. The van der Waals surface area contributed by atoms with Crippen LogP contribution in [-0.4, -0.2) is 41.3 Å². The van der Waals surface area contributed by atoms with Gasteiger partial charge in [0.05, 0.1) is 5.56 Å². The molecule has 0 atom stereocenters. The van der Waals surface area contributed by atoms with Gasteiger partial charge in [0.1, 0.15) is 5.82 Å². The van der Waals surface area contributed by atoms with E-state index >= 15 is 0 Å². The van der Waals surface area contributed by atoms with Crippen molar-refractivity contribution in [3.05, 3.63) is 95.3 Å². The van der Waals surface area contributed by atoms with Gasteiger partial charge in [-0.15, -0.1) is 0 Å². The van der Waals surface area contributed by atoms with Gasteiger partial charge in [-0.3, -0.25) is 14.5 Å². The first kappa shape index (κ1) is 24.7. The molecule has 3 heterocycles. The van der Waals surface area contributed by atoms with E-state index in [9.17, 15) is 9.59 Å². The van der Waals surface area contributed by atoms with Crippen LogP contribution < -0.4 is 15.5 Å². The quantitative estimate of drug-likeness (QED) is 0.493. The Morgan fingerprint density at radius 2 is 1.86 bits per heavy atom. The number of nitrogens with one attached hydrogen (secondary N) is 2. The summed E-state index contributed by atoms with van der Waals surface area (Å²) in [7, 11) is 0. The van der Waals surface area contributed by atoms with E-state index in [0.717, 1.165) is 43.0 Å². The second-order valence-electron chi connectivity index (χ2n) is 10.4. The van der Waals surface area contributed by atoms with Crippen molar-refractivity contribution in [2.75, 3.05) is 35.2 Å². The Morgan fingerprint density at radius 3 is 2.59 bits per heavy atom. The smallest absolute Gasteiger partial charge is 0.259 e. The molecule has 0 unspecified atom stereocenters. The van der Waals surface area contributed by atoms with E-state index in [-0.39, 0.29) is 17.2 Å². The highest BCUT2D eigenvalue weighted by atomic mass is 16.2. The second-order valence-corrected chi connectivity index (χ2v) is 10.4. The van der Waals surface area contributed by atoms with E-state index in [0.29, 0.717) is 23.6 Å². The van der Waals surface area contributed by atoms with Gasteiger partial charge in [-0.05, 0) is 41.8 Å². The largest absolute Gasteiger partial charge is 0.343 e. The van der Waals surface area contributed by atoms with Crippen molar-refractivity contribution >= 4 is 29.0 Å². The van der Waals surface area contributed by atoms with E-state index in [1.807, 2.05) is 24.3 Å². The molecule has 1 aromatic heterocycles. The number of anilines is 3. The van der Waals surface area contributed by atoms with Crippen molar-refractivity contribution < 1.29 is 9.59 Å². The maximum absolute atomic E-state index is 13.3. The number of nitrogens with zero attached hydrogens (tertiary/aromatic N) is 3. The lowest BCUT2D eigenvalue weighted by atomic mass is 9.87. The normalized spacial score (nSPS) is 16.6. The molecule has 0 fully saturated rings. The van der Waals surface area contributed by atoms with Gasteiger partial charge in [0, 0.05) is 61.8 Å². The average molecular weight is 496 g/mol. The number of amides is 2. The van der Waals surface area contributed by atoms with Crippen LogP contribution in [0.1, 0.15) is 48.7 Å². The lowest BCUT2D eigenvalue weighted by Crippen LogP contribution is -2.32. The average Bonchev–Trinajstić information content (AvgIpc) is 3.16. The minimum atomic E-state index is -0.246. The summed E-state index contributed by atoms with van der Waals surface area (Å²) >= 11 is 0. The molecular formula is C30H33N5O2. The van der Waals surface area contributed by atoms with Gasteiger partial charge in [-0.25, -0.2) is 4.98 Å². The third-order valence-corrected chi connectivity index (χ3v) is 7.08. The predicted octanol–water partition coefficient (Wildman–Crippen LogP) is 5.18. The fourth-order valence-corrected chi connectivity index (χ4v) is 5.10. The van der Waals surface area contributed by atoms with Gasteiger partial charge in [0.15, 0.2) is 0 Å². The molecule has 2 N–H and O–H groups in total. The molecule has 7 nitrogen and oxygen atoms in total. The summed E-state index contributed by atoms with van der Waals surface area (Å²) in [6, 6.07) is 19.8. The van der Waals surface area contributed by atoms with Gasteiger partial charge in [0.25, 0.3) is 5.91 Å². The lowest BCUT2D eigenvalue weighted by Gasteiger charge is -2.27. The first-order valence-electron chi connectivity index (χ1n) is 12.7. The molecule has 0 saturated heterocycles. The SMILES string of the molecule is CC(=O)N1CC(C)(C)c2ccc(NC(=O)c3cccnc3NC3=CCN(Cc4ccccc4)CC3)cc21. The molecule has 2 aromatic carbocycles. The molecule has 37 heavy (non-hydrogen) atoms. The minimum absolute atomic E-state index is 0.00265. The summed E-state index contributed by atoms with van der Waals surface area (Å²) in [5, 5.41) is 6.39. The molecule has 3 aromatic rings. The summed E-state index contributed by atoms with van der Waals surface area (Å²) in [4.78, 5) is 34.1. The third kappa shape index (κ3) is 5.42. The van der Waals surface area contributed by atoms with E-state index in [2.05, 4.69) is 64.7 Å². The van der Waals surface area contributed by atoms with Gasteiger partial charge < -0.3 is 15.5 Å². The monoisotopic (exact) mass is 495 g/mol. The van der Waals surface area contributed by atoms with Gasteiger partial charge >= 0.3 is 0 Å². The summed E-state index contributed by atoms with van der Waals surface area (Å²) in [5.74, 6) is 0.289. The molecule has 190 valence electrons.